The van der Waals surface area contributed by atoms with E-state index < -0.39 is 0 Å². The lowest BCUT2D eigenvalue weighted by molar-refractivity contribution is -0.117. The number of amides is 2. The first kappa shape index (κ1) is 15.5. The summed E-state index contributed by atoms with van der Waals surface area (Å²) in [5.41, 5.74) is 6.91. The molecule has 114 valence electrons. The van der Waals surface area contributed by atoms with Crippen LogP contribution in [0.5, 0.6) is 0 Å². The van der Waals surface area contributed by atoms with Crippen LogP contribution in [0, 0.1) is 5.92 Å². The molecule has 5 nitrogen and oxygen atoms in total. The molecular weight excluding hydrogens is 266 g/mol. The molecule has 1 aliphatic carbocycles. The van der Waals surface area contributed by atoms with Crippen molar-refractivity contribution < 1.29 is 9.59 Å². The fourth-order valence-corrected chi connectivity index (χ4v) is 1.92. The molecule has 1 aromatic carbocycles. The molecule has 5 heteroatoms. The van der Waals surface area contributed by atoms with Gasteiger partial charge in [0, 0.05) is 29.3 Å². The van der Waals surface area contributed by atoms with Crippen molar-refractivity contribution in [2.24, 2.45) is 11.7 Å². The van der Waals surface area contributed by atoms with E-state index in [4.69, 9.17) is 5.73 Å². The minimum Gasteiger partial charge on any atom is -0.326 e. The molecule has 0 aromatic heterocycles. The van der Waals surface area contributed by atoms with Crippen LogP contribution in [-0.2, 0) is 9.59 Å². The van der Waals surface area contributed by atoms with Gasteiger partial charge in [0.05, 0.1) is 0 Å². The third kappa shape index (κ3) is 5.55. The van der Waals surface area contributed by atoms with Gasteiger partial charge in [-0.05, 0) is 51.3 Å². The minimum atomic E-state index is -0.350. The average Bonchev–Trinajstić information content (AvgIpc) is 3.20. The van der Waals surface area contributed by atoms with E-state index in [9.17, 15) is 9.59 Å². The van der Waals surface area contributed by atoms with Crippen LogP contribution in [0.4, 0.5) is 11.4 Å². The smallest absolute Gasteiger partial charge is 0.227 e. The topological polar surface area (TPSA) is 84.2 Å². The Labute approximate surface area is 125 Å². The Kier molecular flexibility index (Phi) is 4.63. The molecule has 2 amide bonds. The van der Waals surface area contributed by atoms with Crippen LogP contribution in [0.2, 0.25) is 0 Å². The fourth-order valence-electron chi connectivity index (χ4n) is 1.92. The van der Waals surface area contributed by atoms with Gasteiger partial charge in [0.2, 0.25) is 11.8 Å². The summed E-state index contributed by atoms with van der Waals surface area (Å²) in [6.45, 7) is 3.79. The van der Waals surface area contributed by atoms with Crippen LogP contribution in [-0.4, -0.2) is 17.4 Å². The standard InChI is InChI=1S/C16H23N3O2/c1-16(2,17)9-8-14(20)18-12-4-3-5-13(10-12)19-15(21)11-6-7-11/h3-5,10-11H,6-9,17H2,1-2H3,(H,18,20)(H,19,21). The monoisotopic (exact) mass is 289 g/mol. The van der Waals surface area contributed by atoms with Gasteiger partial charge in [-0.1, -0.05) is 6.07 Å². The van der Waals surface area contributed by atoms with E-state index >= 15 is 0 Å². The number of hydrogen-bond donors (Lipinski definition) is 3. The predicted molar refractivity (Wildman–Crippen MR) is 83.9 cm³/mol. The Balaban J connectivity index is 1.88. The molecule has 0 radical (unpaired) electrons. The number of carbonyl (C=O) groups is 2. The quantitative estimate of drug-likeness (QED) is 0.752. The van der Waals surface area contributed by atoms with Crippen molar-refractivity contribution in [3.63, 3.8) is 0 Å². The zero-order valence-electron chi connectivity index (χ0n) is 12.6. The second-order valence-electron chi connectivity index (χ2n) is 6.38. The molecule has 0 aliphatic heterocycles. The van der Waals surface area contributed by atoms with Crippen LogP contribution in [0.15, 0.2) is 24.3 Å². The number of anilines is 2. The van der Waals surface area contributed by atoms with Gasteiger partial charge in [-0.25, -0.2) is 0 Å². The van der Waals surface area contributed by atoms with Crippen LogP contribution >= 0.6 is 0 Å². The maximum absolute atomic E-state index is 11.9. The highest BCUT2D eigenvalue weighted by atomic mass is 16.2. The second kappa shape index (κ2) is 6.26. The van der Waals surface area contributed by atoms with Gasteiger partial charge in [0.25, 0.3) is 0 Å². The number of rotatable bonds is 6. The van der Waals surface area contributed by atoms with E-state index in [1.807, 2.05) is 26.0 Å². The summed E-state index contributed by atoms with van der Waals surface area (Å²) in [4.78, 5) is 23.6. The summed E-state index contributed by atoms with van der Waals surface area (Å²) < 4.78 is 0. The van der Waals surface area contributed by atoms with Gasteiger partial charge in [-0.3, -0.25) is 9.59 Å². The third-order valence-electron chi connectivity index (χ3n) is 3.36. The maximum atomic E-state index is 11.9. The SMILES string of the molecule is CC(C)(N)CCC(=O)Nc1cccc(NC(=O)C2CC2)c1. The molecule has 1 saturated carbocycles. The summed E-state index contributed by atoms with van der Waals surface area (Å²) in [5, 5.41) is 5.69. The van der Waals surface area contributed by atoms with Crippen molar-refractivity contribution in [3.8, 4) is 0 Å². The molecular formula is C16H23N3O2. The summed E-state index contributed by atoms with van der Waals surface area (Å²) in [5.74, 6) is 0.151. The zero-order chi connectivity index (χ0) is 15.5. The van der Waals surface area contributed by atoms with Crippen LogP contribution in [0.3, 0.4) is 0 Å². The molecule has 21 heavy (non-hydrogen) atoms. The highest BCUT2D eigenvalue weighted by Crippen LogP contribution is 2.30. The molecule has 1 aromatic rings. The maximum Gasteiger partial charge on any atom is 0.227 e. The molecule has 0 atom stereocenters. The second-order valence-corrected chi connectivity index (χ2v) is 6.38. The molecule has 0 bridgehead atoms. The van der Waals surface area contributed by atoms with Gasteiger partial charge in [-0.15, -0.1) is 0 Å². The number of nitrogens with one attached hydrogen (secondary N) is 2. The highest BCUT2D eigenvalue weighted by Gasteiger charge is 2.29. The zero-order valence-corrected chi connectivity index (χ0v) is 12.6. The molecule has 4 N–H and O–H groups in total. The molecule has 0 heterocycles. The van der Waals surface area contributed by atoms with E-state index in [-0.39, 0.29) is 23.3 Å². The normalized spacial score (nSPS) is 14.6. The third-order valence-corrected chi connectivity index (χ3v) is 3.36. The first-order chi connectivity index (χ1) is 9.83. The molecule has 0 unspecified atom stereocenters. The van der Waals surface area contributed by atoms with Crippen LogP contribution < -0.4 is 16.4 Å². The molecule has 0 saturated heterocycles. The van der Waals surface area contributed by atoms with Gasteiger partial charge in [-0.2, -0.15) is 0 Å². The van der Waals surface area contributed by atoms with E-state index in [0.29, 0.717) is 24.2 Å². The van der Waals surface area contributed by atoms with Gasteiger partial charge < -0.3 is 16.4 Å². The lowest BCUT2D eigenvalue weighted by Gasteiger charge is -2.17. The average molecular weight is 289 g/mol. The fraction of sp³-hybridized carbons (Fsp3) is 0.500. The first-order valence-corrected chi connectivity index (χ1v) is 7.33. The largest absolute Gasteiger partial charge is 0.326 e. The number of hydrogen-bond acceptors (Lipinski definition) is 3. The minimum absolute atomic E-state index is 0.0587. The highest BCUT2D eigenvalue weighted by molar-refractivity contribution is 5.95. The lowest BCUT2D eigenvalue weighted by Crippen LogP contribution is -2.33. The van der Waals surface area contributed by atoms with Crippen molar-refractivity contribution >= 4 is 23.2 Å². The van der Waals surface area contributed by atoms with Crippen LogP contribution in [0.1, 0.15) is 39.5 Å². The summed E-state index contributed by atoms with van der Waals surface area (Å²) in [6, 6.07) is 7.20. The van der Waals surface area contributed by atoms with Crippen molar-refractivity contribution in [1.29, 1.82) is 0 Å². The Bertz CT molecular complexity index is 531. The van der Waals surface area contributed by atoms with Crippen molar-refractivity contribution in [3.05, 3.63) is 24.3 Å². The Hall–Kier alpha value is -1.88. The molecule has 0 spiro atoms. The van der Waals surface area contributed by atoms with E-state index in [0.717, 1.165) is 12.8 Å². The lowest BCUT2D eigenvalue weighted by atomic mass is 10.00. The van der Waals surface area contributed by atoms with Gasteiger partial charge in [0.15, 0.2) is 0 Å². The molecule has 2 rings (SSSR count). The van der Waals surface area contributed by atoms with Crippen LogP contribution in [0.25, 0.3) is 0 Å². The Morgan fingerprint density at radius 3 is 2.43 bits per heavy atom. The van der Waals surface area contributed by atoms with Crippen molar-refractivity contribution in [2.45, 2.75) is 45.1 Å². The van der Waals surface area contributed by atoms with Crippen molar-refractivity contribution in [1.82, 2.24) is 0 Å². The van der Waals surface area contributed by atoms with Gasteiger partial charge in [0.1, 0.15) is 0 Å². The van der Waals surface area contributed by atoms with Gasteiger partial charge >= 0.3 is 0 Å². The predicted octanol–water partition coefficient (Wildman–Crippen LogP) is 2.49. The number of carbonyl (C=O) groups excluding carboxylic acids is 2. The van der Waals surface area contributed by atoms with Crippen molar-refractivity contribution in [2.75, 3.05) is 10.6 Å². The molecule has 1 fully saturated rings. The summed E-state index contributed by atoms with van der Waals surface area (Å²) in [7, 11) is 0. The Morgan fingerprint density at radius 1 is 1.24 bits per heavy atom. The number of benzene rings is 1. The van der Waals surface area contributed by atoms with E-state index in [1.54, 1.807) is 12.1 Å². The first-order valence-electron chi connectivity index (χ1n) is 7.33. The van der Waals surface area contributed by atoms with E-state index in [2.05, 4.69) is 10.6 Å². The number of nitrogens with two attached hydrogens (primary N) is 1. The Morgan fingerprint density at radius 2 is 1.86 bits per heavy atom. The summed E-state index contributed by atoms with van der Waals surface area (Å²) in [6.07, 6.45) is 2.94. The van der Waals surface area contributed by atoms with E-state index in [1.165, 1.54) is 0 Å². The summed E-state index contributed by atoms with van der Waals surface area (Å²) >= 11 is 0. The molecule has 1 aliphatic rings.